The molecule has 0 radical (unpaired) electrons. The molecule has 0 aromatic heterocycles. The Kier molecular flexibility index (Phi) is 4.65. The molecule has 4 nitrogen and oxygen atoms in total. The number of nitrogens with zero attached hydrogens (tertiary/aromatic N) is 1. The molecule has 0 unspecified atom stereocenters. The maximum Gasteiger partial charge on any atom is 0.322 e. The van der Waals surface area contributed by atoms with E-state index in [0.29, 0.717) is 23.8 Å². The summed E-state index contributed by atoms with van der Waals surface area (Å²) in [6.45, 7) is 4.20. The Balaban J connectivity index is 1.69. The number of Topliss-reactive ketones (excluding diaryl/α,β-unsaturated/α-hetero) is 1. The van der Waals surface area contributed by atoms with Crippen molar-refractivity contribution in [3.8, 4) is 0 Å². The molecule has 1 aliphatic rings. The highest BCUT2D eigenvalue weighted by atomic mass is 16.2. The summed E-state index contributed by atoms with van der Waals surface area (Å²) >= 11 is 0. The van der Waals surface area contributed by atoms with Gasteiger partial charge >= 0.3 is 6.03 Å². The molecule has 0 heterocycles. The van der Waals surface area contributed by atoms with Crippen LogP contribution in [0.5, 0.6) is 0 Å². The Morgan fingerprint density at radius 2 is 1.83 bits per heavy atom. The van der Waals surface area contributed by atoms with Crippen LogP contribution in [-0.2, 0) is 6.54 Å². The highest BCUT2D eigenvalue weighted by Gasteiger charge is 2.32. The second-order valence-corrected chi connectivity index (χ2v) is 6.41. The maximum atomic E-state index is 12.7. The summed E-state index contributed by atoms with van der Waals surface area (Å²) in [6.07, 6.45) is 2.12. The van der Waals surface area contributed by atoms with Gasteiger partial charge in [0.2, 0.25) is 0 Å². The first-order valence-corrected chi connectivity index (χ1v) is 8.27. The molecule has 24 heavy (non-hydrogen) atoms. The van der Waals surface area contributed by atoms with Crippen LogP contribution in [0.1, 0.15) is 41.3 Å². The number of carbonyl (C=O) groups excluding carboxylic acids is 2. The molecule has 2 aromatic rings. The van der Waals surface area contributed by atoms with Gasteiger partial charge in [-0.2, -0.15) is 0 Å². The lowest BCUT2D eigenvalue weighted by Gasteiger charge is -2.23. The van der Waals surface area contributed by atoms with Crippen LogP contribution in [0.25, 0.3) is 0 Å². The molecule has 1 aliphatic carbocycles. The number of rotatable bonds is 5. The van der Waals surface area contributed by atoms with Gasteiger partial charge in [0.1, 0.15) is 0 Å². The number of carbonyl (C=O) groups is 2. The highest BCUT2D eigenvalue weighted by Crippen LogP contribution is 2.29. The van der Waals surface area contributed by atoms with E-state index in [-0.39, 0.29) is 11.8 Å². The van der Waals surface area contributed by atoms with Crippen LogP contribution in [-0.4, -0.2) is 22.8 Å². The molecule has 0 saturated heterocycles. The molecule has 0 aliphatic heterocycles. The Labute approximate surface area is 142 Å². The average Bonchev–Trinajstić information content (AvgIpc) is 3.38. The minimum Gasteiger partial charge on any atom is -0.317 e. The fourth-order valence-electron chi connectivity index (χ4n) is 2.74. The molecule has 1 fully saturated rings. The lowest BCUT2D eigenvalue weighted by Crippen LogP contribution is -2.36. The second kappa shape index (κ2) is 6.87. The monoisotopic (exact) mass is 322 g/mol. The van der Waals surface area contributed by atoms with Crippen LogP contribution in [0.2, 0.25) is 0 Å². The van der Waals surface area contributed by atoms with E-state index in [2.05, 4.69) is 30.4 Å². The molecule has 4 heteroatoms. The number of anilines is 1. The third kappa shape index (κ3) is 4.02. The quantitative estimate of drug-likeness (QED) is 0.830. The number of aryl methyl sites for hydroxylation is 1. The molecule has 1 saturated carbocycles. The first-order chi connectivity index (χ1) is 11.5. The summed E-state index contributed by atoms with van der Waals surface area (Å²) in [6, 6.07) is 15.5. The van der Waals surface area contributed by atoms with Crippen molar-refractivity contribution in [1.29, 1.82) is 0 Å². The van der Waals surface area contributed by atoms with Gasteiger partial charge < -0.3 is 10.2 Å². The van der Waals surface area contributed by atoms with E-state index in [1.165, 1.54) is 12.5 Å². The molecule has 1 N–H and O–H groups in total. The van der Waals surface area contributed by atoms with Gasteiger partial charge in [0.05, 0.1) is 0 Å². The number of benzene rings is 2. The number of nitrogens with one attached hydrogen (secondary N) is 1. The smallest absolute Gasteiger partial charge is 0.317 e. The Hall–Kier alpha value is -2.62. The van der Waals surface area contributed by atoms with Crippen molar-refractivity contribution >= 4 is 17.5 Å². The fourth-order valence-corrected chi connectivity index (χ4v) is 2.74. The van der Waals surface area contributed by atoms with Gasteiger partial charge in [0.15, 0.2) is 5.78 Å². The first-order valence-electron chi connectivity index (χ1n) is 8.27. The van der Waals surface area contributed by atoms with E-state index >= 15 is 0 Å². The highest BCUT2D eigenvalue weighted by molar-refractivity contribution is 5.95. The number of urea groups is 1. The first kappa shape index (κ1) is 16.2. The van der Waals surface area contributed by atoms with Gasteiger partial charge in [-0.3, -0.25) is 4.79 Å². The number of amides is 2. The van der Waals surface area contributed by atoms with Crippen LogP contribution in [0, 0.1) is 6.92 Å². The average molecular weight is 322 g/mol. The lowest BCUT2D eigenvalue weighted by molar-refractivity contribution is 0.101. The predicted octanol–water partition coefficient (Wildman–Crippen LogP) is 4.39. The fraction of sp³-hybridized carbons (Fsp3) is 0.300. The maximum absolute atomic E-state index is 12.7. The van der Waals surface area contributed by atoms with Gasteiger partial charge in [0.25, 0.3) is 0 Å². The largest absolute Gasteiger partial charge is 0.322 e. The van der Waals surface area contributed by atoms with Crippen molar-refractivity contribution in [3.63, 3.8) is 0 Å². The van der Waals surface area contributed by atoms with E-state index in [0.717, 1.165) is 18.4 Å². The molecule has 0 atom stereocenters. The lowest BCUT2D eigenvalue weighted by atomic mass is 10.1. The predicted molar refractivity (Wildman–Crippen MR) is 95.2 cm³/mol. The zero-order valence-electron chi connectivity index (χ0n) is 14.1. The van der Waals surface area contributed by atoms with Crippen LogP contribution in [0.15, 0.2) is 48.5 Å². The third-order valence-corrected chi connectivity index (χ3v) is 4.23. The number of ketones is 1. The summed E-state index contributed by atoms with van der Waals surface area (Å²) in [5.74, 6) is 0.0203. The Bertz CT molecular complexity index is 748. The molecular formula is C20H22N2O2. The number of hydrogen-bond donors (Lipinski definition) is 1. The SMILES string of the molecule is CC(=O)c1ccc(NC(=O)N(Cc2cccc(C)c2)C2CC2)cc1. The van der Waals surface area contributed by atoms with Crippen LogP contribution >= 0.6 is 0 Å². The number of hydrogen-bond acceptors (Lipinski definition) is 2. The van der Waals surface area contributed by atoms with Crippen molar-refractivity contribution in [2.45, 2.75) is 39.3 Å². The molecule has 2 aromatic carbocycles. The summed E-state index contributed by atoms with van der Waals surface area (Å²) in [5.41, 5.74) is 3.69. The van der Waals surface area contributed by atoms with E-state index in [9.17, 15) is 9.59 Å². The van der Waals surface area contributed by atoms with E-state index in [1.807, 2.05) is 11.0 Å². The van der Waals surface area contributed by atoms with Gasteiger partial charge in [0, 0.05) is 23.8 Å². The van der Waals surface area contributed by atoms with Gasteiger partial charge in [-0.1, -0.05) is 29.8 Å². The van der Waals surface area contributed by atoms with Crippen molar-refractivity contribution < 1.29 is 9.59 Å². The van der Waals surface area contributed by atoms with Crippen molar-refractivity contribution in [3.05, 3.63) is 65.2 Å². The van der Waals surface area contributed by atoms with Gasteiger partial charge in [-0.25, -0.2) is 4.79 Å². The van der Waals surface area contributed by atoms with Crippen molar-refractivity contribution in [2.24, 2.45) is 0 Å². The van der Waals surface area contributed by atoms with E-state index in [4.69, 9.17) is 0 Å². The summed E-state index contributed by atoms with van der Waals surface area (Å²) in [5, 5.41) is 2.94. The van der Waals surface area contributed by atoms with Crippen molar-refractivity contribution in [1.82, 2.24) is 4.90 Å². The van der Waals surface area contributed by atoms with Crippen LogP contribution in [0.3, 0.4) is 0 Å². The molecular weight excluding hydrogens is 300 g/mol. The summed E-state index contributed by atoms with van der Waals surface area (Å²) < 4.78 is 0. The van der Waals surface area contributed by atoms with Gasteiger partial charge in [-0.15, -0.1) is 0 Å². The minimum absolute atomic E-state index is 0.0203. The Morgan fingerprint density at radius 3 is 2.42 bits per heavy atom. The van der Waals surface area contributed by atoms with E-state index < -0.39 is 0 Å². The molecule has 2 amide bonds. The molecule has 0 spiro atoms. The standard InChI is InChI=1S/C20H22N2O2/c1-14-4-3-5-16(12-14)13-22(19-10-11-19)20(24)21-18-8-6-17(7-9-18)15(2)23/h3-9,12,19H,10-11,13H2,1-2H3,(H,21,24). The van der Waals surface area contributed by atoms with Crippen LogP contribution in [0.4, 0.5) is 10.5 Å². The Morgan fingerprint density at radius 1 is 1.12 bits per heavy atom. The second-order valence-electron chi connectivity index (χ2n) is 6.41. The zero-order valence-corrected chi connectivity index (χ0v) is 14.1. The van der Waals surface area contributed by atoms with Crippen molar-refractivity contribution in [2.75, 3.05) is 5.32 Å². The normalized spacial score (nSPS) is 13.4. The topological polar surface area (TPSA) is 49.4 Å². The zero-order chi connectivity index (χ0) is 17.1. The third-order valence-electron chi connectivity index (χ3n) is 4.23. The van der Waals surface area contributed by atoms with Crippen LogP contribution < -0.4 is 5.32 Å². The molecule has 124 valence electrons. The molecule has 0 bridgehead atoms. The van der Waals surface area contributed by atoms with Gasteiger partial charge in [-0.05, 0) is 56.5 Å². The minimum atomic E-state index is -0.0884. The van der Waals surface area contributed by atoms with E-state index in [1.54, 1.807) is 24.3 Å². The summed E-state index contributed by atoms with van der Waals surface area (Å²) in [7, 11) is 0. The molecule has 3 rings (SSSR count). The summed E-state index contributed by atoms with van der Waals surface area (Å²) in [4.78, 5) is 25.9.